The summed E-state index contributed by atoms with van der Waals surface area (Å²) in [5.74, 6) is -0.352. The third-order valence-corrected chi connectivity index (χ3v) is 10.7. The van der Waals surface area contributed by atoms with Crippen LogP contribution in [0.4, 0.5) is 4.79 Å². The number of nitrogens with zero attached hydrogens (tertiary/aromatic N) is 7. The number of allylic oxidation sites excluding steroid dienone is 1. The molecule has 4 aromatic carbocycles. The summed E-state index contributed by atoms with van der Waals surface area (Å²) < 4.78 is 14.6. The quantitative estimate of drug-likeness (QED) is 0.00971. The van der Waals surface area contributed by atoms with Gasteiger partial charge in [0.1, 0.15) is 51.5 Å². The molecule has 0 aliphatic rings. The minimum Gasteiger partial charge on any atom is -0.505 e. The van der Waals surface area contributed by atoms with E-state index in [0.717, 1.165) is 28.7 Å². The van der Waals surface area contributed by atoms with Crippen molar-refractivity contribution in [2.75, 3.05) is 32.9 Å². The lowest BCUT2D eigenvalue weighted by molar-refractivity contribution is -0.139. The van der Waals surface area contributed by atoms with E-state index in [1.807, 2.05) is 45.0 Å². The van der Waals surface area contributed by atoms with Gasteiger partial charge in [0.05, 0.1) is 25.3 Å². The molecule has 73 heavy (non-hydrogen) atoms. The number of rotatable bonds is 17. The molecule has 0 saturated heterocycles. The lowest BCUT2D eigenvalue weighted by Crippen LogP contribution is -2.27. The fourth-order valence-electron chi connectivity index (χ4n) is 6.72. The molecule has 2 heterocycles. The van der Waals surface area contributed by atoms with Gasteiger partial charge in [-0.2, -0.15) is 0 Å². The van der Waals surface area contributed by atoms with Gasteiger partial charge in [-0.05, 0) is 110 Å². The van der Waals surface area contributed by atoms with Gasteiger partial charge in [-0.3, -0.25) is 4.79 Å². The van der Waals surface area contributed by atoms with Crippen LogP contribution in [0, 0.1) is 7.43 Å². The number of aryl methyl sites for hydroxylation is 2. The number of aliphatic hydroxyl groups excluding tert-OH is 1. The Hall–Kier alpha value is -7.11. The lowest BCUT2D eigenvalue weighted by Gasteiger charge is -2.23. The molecule has 6 rings (SSSR count). The van der Waals surface area contributed by atoms with Crippen LogP contribution in [0.1, 0.15) is 96.9 Å². The fraction of sp³-hybridized carbons (Fsp3) is 0.377. The zero-order valence-corrected chi connectivity index (χ0v) is 44.4. The van der Waals surface area contributed by atoms with Gasteiger partial charge in [0, 0.05) is 39.9 Å². The predicted molar refractivity (Wildman–Crippen MR) is 282 cm³/mol. The van der Waals surface area contributed by atoms with E-state index in [4.69, 9.17) is 37.8 Å². The van der Waals surface area contributed by atoms with Crippen LogP contribution in [0.15, 0.2) is 90.1 Å². The number of carbonyl (C=O) groups is 3. The van der Waals surface area contributed by atoms with Gasteiger partial charge in [-0.15, -0.1) is 30.0 Å². The van der Waals surface area contributed by atoms with E-state index in [0.29, 0.717) is 74.1 Å². The molecule has 20 heteroatoms. The number of aliphatic hydroxyl groups is 1. The Morgan fingerprint density at radius 1 is 0.726 bits per heavy atom. The summed E-state index contributed by atoms with van der Waals surface area (Å²) >= 11 is 12.1. The summed E-state index contributed by atoms with van der Waals surface area (Å²) in [7, 11) is 0. The van der Waals surface area contributed by atoms with Crippen LogP contribution in [0.25, 0.3) is 33.4 Å². The molecular formula is C53H65Cl2N8O10-. The molecule has 0 fully saturated rings. The van der Waals surface area contributed by atoms with E-state index in [9.17, 15) is 29.4 Å². The largest absolute Gasteiger partial charge is 0.505 e. The molecule has 1 amide bonds. The molecule has 2 aromatic heterocycles. The average molecular weight is 1050 g/mol. The number of nitrogens with one attached hydrogen (secondary N) is 1. The number of aromatic nitrogens is 6. The summed E-state index contributed by atoms with van der Waals surface area (Å²) in [4.78, 5) is 49.6. The highest BCUT2D eigenvalue weighted by molar-refractivity contribution is 6.31. The number of hydrogen-bond acceptors (Lipinski definition) is 15. The number of aromatic hydroxyl groups is 2. The van der Waals surface area contributed by atoms with Crippen LogP contribution < -0.4 is 5.32 Å². The second-order valence-electron chi connectivity index (χ2n) is 18.6. The summed E-state index contributed by atoms with van der Waals surface area (Å²) in [5.41, 5.74) is 7.00. The first-order valence-electron chi connectivity index (χ1n) is 22.9. The molecule has 18 nitrogen and oxygen atoms in total. The van der Waals surface area contributed by atoms with E-state index in [-0.39, 0.29) is 69.1 Å². The number of amides is 1. The average Bonchev–Trinajstić information content (AvgIpc) is 3.92. The number of alkyl carbamates (subject to hydrolysis) is 1. The number of isocyanates is 1. The smallest absolute Gasteiger partial charge is 0.407 e. The number of phenolic OH excluding ortho intramolecular Hbond substituents is 2. The molecule has 0 aliphatic heterocycles. The van der Waals surface area contributed by atoms with Gasteiger partial charge < -0.3 is 42.3 Å². The minimum atomic E-state index is -0.606. The van der Waals surface area contributed by atoms with E-state index in [2.05, 4.69) is 69.4 Å². The summed E-state index contributed by atoms with van der Waals surface area (Å²) in [6.45, 7) is 22.9. The van der Waals surface area contributed by atoms with E-state index < -0.39 is 18.0 Å². The Morgan fingerprint density at radius 3 is 1.64 bits per heavy atom. The molecule has 0 bridgehead atoms. The van der Waals surface area contributed by atoms with E-state index in [1.54, 1.807) is 50.2 Å². The van der Waals surface area contributed by atoms with Crippen LogP contribution in [-0.2, 0) is 52.3 Å². The van der Waals surface area contributed by atoms with Crippen molar-refractivity contribution >= 4 is 69.4 Å². The van der Waals surface area contributed by atoms with Crippen LogP contribution >= 0.6 is 23.2 Å². The molecule has 392 valence electrons. The van der Waals surface area contributed by atoms with Gasteiger partial charge in [0.15, 0.2) is 0 Å². The maximum atomic E-state index is 11.9. The number of halogens is 2. The molecule has 0 radical (unpaired) electrons. The monoisotopic (exact) mass is 1040 g/mol. The topological polar surface area (TPSA) is 242 Å². The third-order valence-electron chi connectivity index (χ3n) is 10.2. The normalized spacial score (nSPS) is 10.9. The van der Waals surface area contributed by atoms with Crippen LogP contribution in [-0.4, -0.2) is 102 Å². The zero-order valence-electron chi connectivity index (χ0n) is 42.8. The number of benzene rings is 4. The second-order valence-corrected chi connectivity index (χ2v) is 19.4. The number of hydrogen-bond donors (Lipinski definition) is 4. The molecule has 0 spiro atoms. The lowest BCUT2D eigenvalue weighted by atomic mass is 9.84. The molecule has 0 atom stereocenters. The van der Waals surface area contributed by atoms with Crippen LogP contribution in [0.5, 0.6) is 11.5 Å². The Balaban J connectivity index is 0.000000328. The highest BCUT2D eigenvalue weighted by atomic mass is 35.5. The van der Waals surface area contributed by atoms with Crippen molar-refractivity contribution < 1.29 is 48.7 Å². The number of aliphatic imine (C=N–C) groups is 1. The number of esters is 2. The van der Waals surface area contributed by atoms with Crippen molar-refractivity contribution in [3.8, 4) is 22.9 Å². The van der Waals surface area contributed by atoms with Crippen LogP contribution in [0.3, 0.4) is 0 Å². The Kier molecular flexibility index (Phi) is 22.8. The van der Waals surface area contributed by atoms with E-state index >= 15 is 0 Å². The number of fused-ring (bicyclic) bond motifs is 2. The Morgan fingerprint density at radius 2 is 1.21 bits per heavy atom. The van der Waals surface area contributed by atoms with Crippen molar-refractivity contribution in [3.63, 3.8) is 0 Å². The first-order valence-corrected chi connectivity index (χ1v) is 23.7. The van der Waals surface area contributed by atoms with Crippen molar-refractivity contribution in [2.45, 2.75) is 98.3 Å². The molecule has 6 aromatic rings. The molecule has 0 aliphatic carbocycles. The Bertz CT molecular complexity index is 2950. The van der Waals surface area contributed by atoms with Crippen molar-refractivity contribution in [3.05, 3.63) is 125 Å². The summed E-state index contributed by atoms with van der Waals surface area (Å²) in [5, 5.41) is 52.6. The van der Waals surface area contributed by atoms with Gasteiger partial charge in [-0.25, -0.2) is 19.4 Å². The summed E-state index contributed by atoms with van der Waals surface area (Å²) in [6.07, 6.45) is 3.29. The number of ether oxygens (including phenoxy) is 3. The minimum absolute atomic E-state index is 0. The molecular weight excluding hydrogens is 980 g/mol. The van der Waals surface area contributed by atoms with Crippen LogP contribution in [0.2, 0.25) is 10.0 Å². The molecule has 0 saturated carbocycles. The molecule has 0 unspecified atom stereocenters. The zero-order chi connectivity index (χ0) is 53.3. The first-order chi connectivity index (χ1) is 33.9. The van der Waals surface area contributed by atoms with E-state index in [1.165, 1.54) is 15.7 Å². The Labute approximate surface area is 435 Å². The highest BCUT2D eigenvalue weighted by Crippen LogP contribution is 2.38. The van der Waals surface area contributed by atoms with Crippen molar-refractivity contribution in [1.29, 1.82) is 0 Å². The molecule has 4 N–H and O–H groups in total. The highest BCUT2D eigenvalue weighted by Gasteiger charge is 2.25. The van der Waals surface area contributed by atoms with Gasteiger partial charge in [0.25, 0.3) is 0 Å². The predicted octanol–water partition coefficient (Wildman–Crippen LogP) is 10.1. The van der Waals surface area contributed by atoms with Gasteiger partial charge in [0.2, 0.25) is 6.08 Å². The second kappa shape index (κ2) is 27.6. The summed E-state index contributed by atoms with van der Waals surface area (Å²) in [6, 6.07) is 18.2. The van der Waals surface area contributed by atoms with Crippen molar-refractivity contribution in [1.82, 2.24) is 35.3 Å². The van der Waals surface area contributed by atoms with Gasteiger partial charge in [-0.1, -0.05) is 90.0 Å². The number of phenols is 2. The van der Waals surface area contributed by atoms with Gasteiger partial charge >= 0.3 is 18.0 Å². The first kappa shape index (κ1) is 60.2. The standard InChI is InChI=1S/C26H31ClN4O5.C19H22ClN3O2.C7H9NO3.CH3/c1-16(2)36-23(32)10-11-28-25(34)35-12-6-7-17-13-19(26(3,4)5)24(33)22(14-17)31-29-20-9-8-18(27)15-21(20)30-31;1-19(2,3)14-9-12(5-4-8-24)10-17(18(14)25)23-21-15-7-6-13(20)11-16(15)22-23;1-6(2)7(10)11-4-3-8-5-9;/h8-9,13-15,33H,1,6-7,10-12H2,2-5H3,(H,28,34);6-7,9-11,24-25H,4-5,8H2,1-3H3;1,3-4H2,2H3;1H3/q;;;-1. The maximum Gasteiger partial charge on any atom is 0.407 e. The number of carbonyl (C=O) groups excluding carboxylic acids is 4. The third kappa shape index (κ3) is 18.5. The fourth-order valence-corrected chi connectivity index (χ4v) is 7.06. The van der Waals surface area contributed by atoms with Crippen molar-refractivity contribution in [2.24, 2.45) is 4.99 Å². The SMILES string of the molecule is C=C(C)C(=O)OCCN=C=O.C=C(C)OC(=O)CCNC(=O)OCCCc1cc(-n2nc3ccc(Cl)cc3n2)c(O)c(C(C)(C)C)c1.CC(C)(C)c1cc(CCCO)cc(-n2nc3ccc(Cl)cc3n2)c1O.[CH3-]. The maximum absolute atomic E-state index is 11.9.